The van der Waals surface area contributed by atoms with Crippen LogP contribution in [0.3, 0.4) is 0 Å². The average molecular weight is 426 g/mol. The largest absolute Gasteiger partial charge is 0.497 e. The lowest BCUT2D eigenvalue weighted by Crippen LogP contribution is -2.37. The fourth-order valence-electron chi connectivity index (χ4n) is 3.61. The van der Waals surface area contributed by atoms with Crippen LogP contribution in [0.25, 0.3) is 5.69 Å². The number of carbonyl (C=O) groups is 2. The second-order valence-corrected chi connectivity index (χ2v) is 7.96. The van der Waals surface area contributed by atoms with Crippen molar-refractivity contribution in [3.05, 3.63) is 63.6 Å². The molecule has 0 spiro atoms. The number of ether oxygens (including phenoxy) is 2. The number of rotatable bonds is 6. The van der Waals surface area contributed by atoms with Crippen LogP contribution in [0.1, 0.15) is 33.5 Å². The van der Waals surface area contributed by atoms with Crippen LogP contribution in [-0.2, 0) is 28.9 Å². The van der Waals surface area contributed by atoms with Crippen LogP contribution < -0.4 is 4.74 Å². The highest BCUT2D eigenvalue weighted by molar-refractivity contribution is 7.10. The molecule has 1 aliphatic heterocycles. The third kappa shape index (κ3) is 3.95. The lowest BCUT2D eigenvalue weighted by molar-refractivity contribution is -0.131. The van der Waals surface area contributed by atoms with Crippen LogP contribution in [0.4, 0.5) is 0 Å². The van der Waals surface area contributed by atoms with E-state index in [-0.39, 0.29) is 18.2 Å². The summed E-state index contributed by atoms with van der Waals surface area (Å²) < 4.78 is 12.2. The van der Waals surface area contributed by atoms with Crippen molar-refractivity contribution in [1.29, 1.82) is 0 Å². The fraction of sp³-hybridized carbons (Fsp3) is 0.318. The summed E-state index contributed by atoms with van der Waals surface area (Å²) in [4.78, 5) is 28.2. The van der Waals surface area contributed by atoms with Crippen molar-refractivity contribution in [2.45, 2.75) is 26.3 Å². The predicted octanol–water partition coefficient (Wildman–Crippen LogP) is 3.25. The summed E-state index contributed by atoms with van der Waals surface area (Å²) >= 11 is 1.57. The van der Waals surface area contributed by atoms with E-state index in [1.807, 2.05) is 41.8 Å². The van der Waals surface area contributed by atoms with E-state index in [4.69, 9.17) is 9.47 Å². The van der Waals surface area contributed by atoms with Crippen molar-refractivity contribution in [1.82, 2.24) is 14.7 Å². The first kappa shape index (κ1) is 20.2. The van der Waals surface area contributed by atoms with E-state index in [2.05, 4.69) is 5.10 Å². The number of thiophene rings is 1. The van der Waals surface area contributed by atoms with E-state index in [0.29, 0.717) is 25.9 Å². The number of amides is 1. The van der Waals surface area contributed by atoms with E-state index in [9.17, 15) is 9.59 Å². The molecule has 0 bridgehead atoms. The monoisotopic (exact) mass is 425 g/mol. The Hall–Kier alpha value is -3.13. The number of carbonyl (C=O) groups excluding carboxylic acids is 2. The highest BCUT2D eigenvalue weighted by Crippen LogP contribution is 2.27. The SMILES string of the molecule is CCOC(=O)c1nn(-c2ccc(OC)cc2)c2c1CN(C(=O)Cc1cccs1)CC2. The molecule has 3 aromatic rings. The van der Waals surface area contributed by atoms with Gasteiger partial charge in [-0.15, -0.1) is 11.3 Å². The Balaban J connectivity index is 1.66. The summed E-state index contributed by atoms with van der Waals surface area (Å²) in [6.45, 7) is 2.97. The molecule has 0 fully saturated rings. The second-order valence-electron chi connectivity index (χ2n) is 6.93. The van der Waals surface area contributed by atoms with E-state index >= 15 is 0 Å². The molecule has 156 valence electrons. The van der Waals surface area contributed by atoms with Gasteiger partial charge in [0.05, 0.1) is 31.5 Å². The minimum absolute atomic E-state index is 0.0510. The molecule has 0 atom stereocenters. The molecule has 0 N–H and O–H groups in total. The number of hydrogen-bond donors (Lipinski definition) is 0. The van der Waals surface area contributed by atoms with Gasteiger partial charge in [0.25, 0.3) is 0 Å². The van der Waals surface area contributed by atoms with Gasteiger partial charge in [0.1, 0.15) is 5.75 Å². The lowest BCUT2D eigenvalue weighted by Gasteiger charge is -2.27. The van der Waals surface area contributed by atoms with Crippen molar-refractivity contribution < 1.29 is 19.1 Å². The van der Waals surface area contributed by atoms with Crippen molar-refractivity contribution in [3.8, 4) is 11.4 Å². The molecule has 0 aliphatic carbocycles. The number of fused-ring (bicyclic) bond motifs is 1. The van der Waals surface area contributed by atoms with Crippen LogP contribution in [0, 0.1) is 0 Å². The smallest absolute Gasteiger partial charge is 0.359 e. The Kier molecular flexibility index (Phi) is 5.85. The topological polar surface area (TPSA) is 73.7 Å². The summed E-state index contributed by atoms with van der Waals surface area (Å²) in [5, 5.41) is 6.54. The zero-order valence-electron chi connectivity index (χ0n) is 17.0. The third-order valence-electron chi connectivity index (χ3n) is 5.10. The molecule has 2 aromatic heterocycles. The zero-order chi connectivity index (χ0) is 21.1. The number of benzene rings is 1. The van der Waals surface area contributed by atoms with Crippen molar-refractivity contribution >= 4 is 23.2 Å². The zero-order valence-corrected chi connectivity index (χ0v) is 17.8. The van der Waals surface area contributed by atoms with Gasteiger partial charge in [-0.25, -0.2) is 9.48 Å². The number of hydrogen-bond acceptors (Lipinski definition) is 6. The molecule has 30 heavy (non-hydrogen) atoms. The maximum absolute atomic E-state index is 12.8. The van der Waals surface area contributed by atoms with Crippen LogP contribution in [0.15, 0.2) is 41.8 Å². The number of nitrogens with zero attached hydrogens (tertiary/aromatic N) is 3. The maximum atomic E-state index is 12.8. The van der Waals surface area contributed by atoms with Crippen LogP contribution in [-0.4, -0.2) is 46.8 Å². The molecule has 4 rings (SSSR count). The van der Waals surface area contributed by atoms with Gasteiger partial charge in [-0.05, 0) is 42.6 Å². The average Bonchev–Trinajstić information content (AvgIpc) is 3.41. The van der Waals surface area contributed by atoms with Gasteiger partial charge in [-0.3, -0.25) is 4.79 Å². The summed E-state index contributed by atoms with van der Waals surface area (Å²) in [5.41, 5.74) is 2.80. The van der Waals surface area contributed by atoms with Gasteiger partial charge in [0.15, 0.2) is 5.69 Å². The van der Waals surface area contributed by atoms with Crippen LogP contribution in [0.5, 0.6) is 5.75 Å². The Bertz CT molecular complexity index is 1040. The highest BCUT2D eigenvalue weighted by Gasteiger charge is 2.31. The fourth-order valence-corrected chi connectivity index (χ4v) is 4.30. The minimum Gasteiger partial charge on any atom is -0.497 e. The van der Waals surface area contributed by atoms with Gasteiger partial charge in [-0.2, -0.15) is 5.10 Å². The molecular formula is C22H23N3O4S. The summed E-state index contributed by atoms with van der Waals surface area (Å²) in [6, 6.07) is 11.4. The molecule has 0 saturated heterocycles. The molecule has 8 heteroatoms. The van der Waals surface area contributed by atoms with Gasteiger partial charge >= 0.3 is 5.97 Å². The normalized spacial score (nSPS) is 13.1. The molecule has 0 unspecified atom stereocenters. The van der Waals surface area contributed by atoms with Gasteiger partial charge in [-0.1, -0.05) is 6.07 Å². The first-order chi connectivity index (χ1) is 14.6. The van der Waals surface area contributed by atoms with Gasteiger partial charge in [0.2, 0.25) is 5.91 Å². The molecule has 3 heterocycles. The minimum atomic E-state index is -0.464. The Morgan fingerprint density at radius 3 is 2.67 bits per heavy atom. The Labute approximate surface area is 178 Å². The molecule has 7 nitrogen and oxygen atoms in total. The number of esters is 1. The molecule has 0 radical (unpaired) electrons. The lowest BCUT2D eigenvalue weighted by atomic mass is 10.0. The van der Waals surface area contributed by atoms with Crippen molar-refractivity contribution in [2.75, 3.05) is 20.3 Å². The van der Waals surface area contributed by atoms with E-state index in [1.54, 1.807) is 35.0 Å². The quantitative estimate of drug-likeness (QED) is 0.567. The van der Waals surface area contributed by atoms with Crippen molar-refractivity contribution in [3.63, 3.8) is 0 Å². The Morgan fingerprint density at radius 2 is 2.00 bits per heavy atom. The molecule has 1 aromatic carbocycles. The molecule has 1 amide bonds. The number of methoxy groups -OCH3 is 1. The number of aromatic nitrogens is 2. The first-order valence-electron chi connectivity index (χ1n) is 9.83. The van der Waals surface area contributed by atoms with E-state index < -0.39 is 5.97 Å². The van der Waals surface area contributed by atoms with Crippen LogP contribution >= 0.6 is 11.3 Å². The summed E-state index contributed by atoms with van der Waals surface area (Å²) in [7, 11) is 1.62. The highest BCUT2D eigenvalue weighted by atomic mass is 32.1. The standard InChI is InChI=1S/C22H23N3O4S/c1-3-29-22(27)21-18-14-24(20(26)13-17-5-4-12-30-17)11-10-19(18)25(23-21)15-6-8-16(28-2)9-7-15/h4-9,12H,3,10-11,13-14H2,1-2H3. The van der Waals surface area contributed by atoms with Gasteiger partial charge < -0.3 is 14.4 Å². The third-order valence-corrected chi connectivity index (χ3v) is 5.98. The first-order valence-corrected chi connectivity index (χ1v) is 10.7. The molecule has 0 saturated carbocycles. The Morgan fingerprint density at radius 1 is 1.20 bits per heavy atom. The van der Waals surface area contributed by atoms with Crippen LogP contribution in [0.2, 0.25) is 0 Å². The molecule has 1 aliphatic rings. The summed E-state index contributed by atoms with van der Waals surface area (Å²) in [5.74, 6) is 0.333. The summed E-state index contributed by atoms with van der Waals surface area (Å²) in [6.07, 6.45) is 0.984. The molecular weight excluding hydrogens is 402 g/mol. The van der Waals surface area contributed by atoms with E-state index in [0.717, 1.165) is 27.6 Å². The van der Waals surface area contributed by atoms with Gasteiger partial charge in [0, 0.05) is 30.0 Å². The maximum Gasteiger partial charge on any atom is 0.359 e. The second kappa shape index (κ2) is 8.71. The van der Waals surface area contributed by atoms with E-state index in [1.165, 1.54) is 0 Å². The van der Waals surface area contributed by atoms with Crippen molar-refractivity contribution in [2.24, 2.45) is 0 Å². The predicted molar refractivity (Wildman–Crippen MR) is 113 cm³/mol.